The van der Waals surface area contributed by atoms with Gasteiger partial charge in [0, 0.05) is 48.4 Å². The molecule has 0 aliphatic carbocycles. The number of hydrogen-bond acceptors (Lipinski definition) is 4. The van der Waals surface area contributed by atoms with E-state index in [1.54, 1.807) is 6.20 Å². The summed E-state index contributed by atoms with van der Waals surface area (Å²) in [5.74, 6) is 0.312. The molecule has 4 rings (SSSR count). The van der Waals surface area contributed by atoms with E-state index in [-0.39, 0.29) is 5.91 Å². The van der Waals surface area contributed by atoms with Crippen molar-refractivity contribution in [1.29, 1.82) is 0 Å². The van der Waals surface area contributed by atoms with Crippen molar-refractivity contribution in [2.45, 2.75) is 32.2 Å². The number of anilines is 1. The van der Waals surface area contributed by atoms with Gasteiger partial charge >= 0.3 is 0 Å². The maximum absolute atomic E-state index is 11.2. The fourth-order valence-electron chi connectivity index (χ4n) is 3.96. The van der Waals surface area contributed by atoms with Gasteiger partial charge in [-0.3, -0.25) is 14.7 Å². The van der Waals surface area contributed by atoms with Crippen LogP contribution >= 0.6 is 11.6 Å². The molecule has 5 nitrogen and oxygen atoms in total. The highest BCUT2D eigenvalue weighted by Crippen LogP contribution is 2.28. The number of nitrogens with zero attached hydrogens (tertiary/aromatic N) is 3. The van der Waals surface area contributed by atoms with Crippen LogP contribution in [0, 0.1) is 0 Å². The van der Waals surface area contributed by atoms with Crippen molar-refractivity contribution < 1.29 is 4.79 Å². The SMILES string of the molecule is CC(=O)Nc1ccc(CN2CCCC(c3cncc(-c4cccc(Cl)c4)n3)C2)cc1. The highest BCUT2D eigenvalue weighted by molar-refractivity contribution is 6.30. The van der Waals surface area contributed by atoms with Crippen LogP contribution in [0.4, 0.5) is 5.69 Å². The predicted octanol–water partition coefficient (Wildman–Crippen LogP) is 5.14. The molecule has 30 heavy (non-hydrogen) atoms. The number of carbonyl (C=O) groups is 1. The first-order valence-electron chi connectivity index (χ1n) is 10.2. The highest BCUT2D eigenvalue weighted by atomic mass is 35.5. The molecule has 1 aliphatic rings. The Labute approximate surface area is 182 Å². The van der Waals surface area contributed by atoms with Crippen LogP contribution in [0.15, 0.2) is 60.9 Å². The molecule has 1 amide bonds. The lowest BCUT2D eigenvalue weighted by molar-refractivity contribution is -0.114. The van der Waals surface area contributed by atoms with Crippen LogP contribution < -0.4 is 5.32 Å². The minimum atomic E-state index is -0.0530. The lowest BCUT2D eigenvalue weighted by Crippen LogP contribution is -2.34. The summed E-state index contributed by atoms with van der Waals surface area (Å²) >= 11 is 6.14. The van der Waals surface area contributed by atoms with E-state index in [4.69, 9.17) is 16.6 Å². The normalized spacial score (nSPS) is 16.9. The van der Waals surface area contributed by atoms with Gasteiger partial charge < -0.3 is 5.32 Å². The van der Waals surface area contributed by atoms with E-state index in [1.165, 1.54) is 12.5 Å². The molecule has 2 heterocycles. The van der Waals surface area contributed by atoms with Gasteiger partial charge in [0.15, 0.2) is 0 Å². The van der Waals surface area contributed by atoms with E-state index in [9.17, 15) is 4.79 Å². The zero-order chi connectivity index (χ0) is 20.9. The summed E-state index contributed by atoms with van der Waals surface area (Å²) in [5.41, 5.74) is 4.96. The Bertz CT molecular complexity index is 1020. The van der Waals surface area contributed by atoms with E-state index in [0.29, 0.717) is 10.9 Å². The average Bonchev–Trinajstić information content (AvgIpc) is 2.75. The average molecular weight is 421 g/mol. The molecule has 0 spiro atoms. The van der Waals surface area contributed by atoms with Crippen LogP contribution in [-0.2, 0) is 11.3 Å². The molecule has 6 heteroatoms. The number of benzene rings is 2. The summed E-state index contributed by atoms with van der Waals surface area (Å²) in [7, 11) is 0. The fraction of sp³-hybridized carbons (Fsp3) is 0.292. The summed E-state index contributed by atoms with van der Waals surface area (Å²) < 4.78 is 0. The summed E-state index contributed by atoms with van der Waals surface area (Å²) in [6.07, 6.45) is 5.94. The van der Waals surface area contributed by atoms with Gasteiger partial charge in [0.05, 0.1) is 17.6 Å². The van der Waals surface area contributed by atoms with Crippen molar-refractivity contribution in [2.24, 2.45) is 0 Å². The zero-order valence-electron chi connectivity index (χ0n) is 17.0. The number of amides is 1. The van der Waals surface area contributed by atoms with Crippen molar-refractivity contribution in [3.63, 3.8) is 0 Å². The van der Waals surface area contributed by atoms with Crippen molar-refractivity contribution >= 4 is 23.2 Å². The van der Waals surface area contributed by atoms with E-state index in [1.807, 2.05) is 42.6 Å². The standard InChI is InChI=1S/C24H25ClN4O/c1-17(30)27-22-9-7-18(8-10-22)15-29-11-3-5-20(16-29)24-14-26-13-23(28-24)19-4-2-6-21(25)12-19/h2,4,6-10,12-14,20H,3,5,11,15-16H2,1H3,(H,27,30). The lowest BCUT2D eigenvalue weighted by atomic mass is 9.94. The first-order valence-corrected chi connectivity index (χ1v) is 10.6. The van der Waals surface area contributed by atoms with Crippen LogP contribution in [0.3, 0.4) is 0 Å². The summed E-state index contributed by atoms with van der Waals surface area (Å²) in [4.78, 5) is 23.0. The summed E-state index contributed by atoms with van der Waals surface area (Å²) in [5, 5.41) is 3.51. The van der Waals surface area contributed by atoms with Gasteiger partial charge in [-0.05, 0) is 49.2 Å². The molecular weight excluding hydrogens is 396 g/mol. The predicted molar refractivity (Wildman–Crippen MR) is 120 cm³/mol. The molecule has 1 aromatic heterocycles. The van der Waals surface area contributed by atoms with E-state index in [2.05, 4.69) is 27.3 Å². The Morgan fingerprint density at radius 3 is 2.80 bits per heavy atom. The van der Waals surface area contributed by atoms with Crippen molar-refractivity contribution in [3.8, 4) is 11.3 Å². The Kier molecular flexibility index (Phi) is 6.41. The quantitative estimate of drug-likeness (QED) is 0.621. The van der Waals surface area contributed by atoms with Crippen molar-refractivity contribution in [2.75, 3.05) is 18.4 Å². The topological polar surface area (TPSA) is 58.1 Å². The second kappa shape index (κ2) is 9.37. The molecule has 0 saturated carbocycles. The first-order chi connectivity index (χ1) is 14.6. The van der Waals surface area contributed by atoms with Crippen molar-refractivity contribution in [1.82, 2.24) is 14.9 Å². The Hall–Kier alpha value is -2.76. The molecule has 3 aromatic rings. The van der Waals surface area contributed by atoms with E-state index >= 15 is 0 Å². The maximum atomic E-state index is 11.2. The first kappa shape index (κ1) is 20.5. The summed E-state index contributed by atoms with van der Waals surface area (Å²) in [6.45, 7) is 4.44. The van der Waals surface area contributed by atoms with Crippen molar-refractivity contribution in [3.05, 3.63) is 77.2 Å². The number of carbonyl (C=O) groups excluding carboxylic acids is 1. The van der Waals surface area contributed by atoms with Gasteiger partial charge in [0.2, 0.25) is 5.91 Å². The molecule has 154 valence electrons. The molecule has 1 fully saturated rings. The molecule has 1 atom stereocenters. The summed E-state index contributed by atoms with van der Waals surface area (Å²) in [6, 6.07) is 15.8. The largest absolute Gasteiger partial charge is 0.326 e. The monoisotopic (exact) mass is 420 g/mol. The molecule has 1 unspecified atom stereocenters. The van der Waals surface area contributed by atoms with Crippen LogP contribution in [0.5, 0.6) is 0 Å². The third-order valence-electron chi connectivity index (χ3n) is 5.38. The van der Waals surface area contributed by atoms with E-state index in [0.717, 1.165) is 55.1 Å². The number of halogens is 1. The third kappa shape index (κ3) is 5.23. The van der Waals surface area contributed by atoms with Crippen LogP contribution in [-0.4, -0.2) is 33.9 Å². The molecule has 1 aliphatic heterocycles. The van der Waals surface area contributed by atoms with Gasteiger partial charge in [0.1, 0.15) is 0 Å². The Balaban J connectivity index is 1.44. The Morgan fingerprint density at radius 1 is 1.20 bits per heavy atom. The number of piperidine rings is 1. The molecular formula is C24H25ClN4O. The third-order valence-corrected chi connectivity index (χ3v) is 5.61. The minimum absolute atomic E-state index is 0.0530. The molecule has 0 radical (unpaired) electrons. The van der Waals surface area contributed by atoms with Gasteiger partial charge in [-0.1, -0.05) is 35.9 Å². The van der Waals surface area contributed by atoms with Gasteiger partial charge in [0.25, 0.3) is 0 Å². The number of hydrogen-bond donors (Lipinski definition) is 1. The second-order valence-electron chi connectivity index (χ2n) is 7.79. The maximum Gasteiger partial charge on any atom is 0.221 e. The van der Waals surface area contributed by atoms with Crippen LogP contribution in [0.2, 0.25) is 5.02 Å². The smallest absolute Gasteiger partial charge is 0.221 e. The van der Waals surface area contributed by atoms with Crippen LogP contribution in [0.1, 0.15) is 36.9 Å². The lowest BCUT2D eigenvalue weighted by Gasteiger charge is -2.32. The highest BCUT2D eigenvalue weighted by Gasteiger charge is 2.23. The van der Waals surface area contributed by atoms with Gasteiger partial charge in [-0.15, -0.1) is 0 Å². The fourth-order valence-corrected chi connectivity index (χ4v) is 4.15. The minimum Gasteiger partial charge on any atom is -0.326 e. The van der Waals surface area contributed by atoms with Crippen LogP contribution in [0.25, 0.3) is 11.3 Å². The van der Waals surface area contributed by atoms with Gasteiger partial charge in [-0.25, -0.2) is 4.98 Å². The number of nitrogens with one attached hydrogen (secondary N) is 1. The van der Waals surface area contributed by atoms with Gasteiger partial charge in [-0.2, -0.15) is 0 Å². The molecule has 0 bridgehead atoms. The number of likely N-dealkylation sites (tertiary alicyclic amines) is 1. The second-order valence-corrected chi connectivity index (χ2v) is 8.23. The molecule has 2 aromatic carbocycles. The van der Waals surface area contributed by atoms with E-state index < -0.39 is 0 Å². The Morgan fingerprint density at radius 2 is 2.03 bits per heavy atom. The molecule has 1 saturated heterocycles. The molecule has 1 N–H and O–H groups in total. The number of aromatic nitrogens is 2. The number of rotatable bonds is 5. The zero-order valence-corrected chi connectivity index (χ0v) is 17.8.